The number of carboxylic acid groups (broad SMARTS) is 1. The van der Waals surface area contributed by atoms with E-state index in [0.717, 1.165) is 0 Å². The molecule has 0 aromatic heterocycles. The Hall–Kier alpha value is -3.37. The Labute approximate surface area is 142 Å². The predicted octanol–water partition coefficient (Wildman–Crippen LogP) is 0.537. The predicted molar refractivity (Wildman–Crippen MR) is 87.0 cm³/mol. The lowest BCUT2D eigenvalue weighted by Crippen LogP contribution is -2.41. The monoisotopic (exact) mass is 353 g/mol. The summed E-state index contributed by atoms with van der Waals surface area (Å²) in [6.07, 6.45) is -0.410. The first-order valence-electron chi connectivity index (χ1n) is 7.27. The molecule has 136 valence electrons. The summed E-state index contributed by atoms with van der Waals surface area (Å²) in [5.41, 5.74) is 5.54. The minimum Gasteiger partial charge on any atom is -0.480 e. The van der Waals surface area contributed by atoms with Crippen molar-refractivity contribution in [1.29, 1.82) is 5.41 Å². The van der Waals surface area contributed by atoms with Crippen molar-refractivity contribution in [3.05, 3.63) is 39.9 Å². The molecule has 11 nitrogen and oxygen atoms in total. The molecule has 1 amide bonds. The topological polar surface area (TPSA) is 181 Å². The Balaban J connectivity index is 2.42. The van der Waals surface area contributed by atoms with Crippen LogP contribution in [0.2, 0.25) is 0 Å². The Kier molecular flexibility index (Phi) is 7.63. The summed E-state index contributed by atoms with van der Waals surface area (Å²) in [4.78, 5) is 32.8. The van der Waals surface area contributed by atoms with Gasteiger partial charge in [0.15, 0.2) is 5.96 Å². The van der Waals surface area contributed by atoms with Crippen molar-refractivity contribution in [3.8, 4) is 0 Å². The number of carbonyl (C=O) groups is 2. The van der Waals surface area contributed by atoms with Crippen LogP contribution in [0.15, 0.2) is 24.3 Å². The number of alkyl carbamates (subject to hydrolysis) is 1. The van der Waals surface area contributed by atoms with Crippen molar-refractivity contribution in [3.63, 3.8) is 0 Å². The first kappa shape index (κ1) is 19.7. The van der Waals surface area contributed by atoms with E-state index < -0.39 is 23.0 Å². The number of nitrogens with one attached hydrogen (secondary N) is 3. The van der Waals surface area contributed by atoms with Gasteiger partial charge in [0.1, 0.15) is 12.6 Å². The number of nitro benzene ring substituents is 1. The molecule has 0 spiro atoms. The first-order valence-corrected chi connectivity index (χ1v) is 7.27. The Morgan fingerprint density at radius 3 is 2.52 bits per heavy atom. The van der Waals surface area contributed by atoms with E-state index in [4.69, 9.17) is 21.0 Å². The number of nitrogens with zero attached hydrogens (tertiary/aromatic N) is 1. The van der Waals surface area contributed by atoms with E-state index in [9.17, 15) is 19.7 Å². The van der Waals surface area contributed by atoms with Gasteiger partial charge in [-0.25, -0.2) is 9.59 Å². The molecule has 6 N–H and O–H groups in total. The largest absolute Gasteiger partial charge is 0.480 e. The van der Waals surface area contributed by atoms with Crippen LogP contribution in [0.1, 0.15) is 18.4 Å². The fourth-order valence-electron chi connectivity index (χ4n) is 1.83. The van der Waals surface area contributed by atoms with Crippen LogP contribution in [0.25, 0.3) is 0 Å². The van der Waals surface area contributed by atoms with Crippen LogP contribution >= 0.6 is 0 Å². The second-order valence-corrected chi connectivity index (χ2v) is 5.02. The van der Waals surface area contributed by atoms with E-state index in [2.05, 4.69) is 10.6 Å². The van der Waals surface area contributed by atoms with Crippen molar-refractivity contribution in [1.82, 2.24) is 10.6 Å². The highest BCUT2D eigenvalue weighted by molar-refractivity contribution is 5.79. The smallest absolute Gasteiger partial charge is 0.408 e. The molecule has 0 saturated heterocycles. The average molecular weight is 353 g/mol. The van der Waals surface area contributed by atoms with Crippen LogP contribution in [0.5, 0.6) is 0 Å². The molecule has 0 fully saturated rings. The molecule has 1 aromatic carbocycles. The number of nitro groups is 1. The Morgan fingerprint density at radius 1 is 1.36 bits per heavy atom. The molecule has 0 aliphatic heterocycles. The minimum atomic E-state index is -1.21. The molecule has 0 radical (unpaired) electrons. The van der Waals surface area contributed by atoms with Crippen LogP contribution < -0.4 is 16.4 Å². The van der Waals surface area contributed by atoms with Crippen LogP contribution in [0.3, 0.4) is 0 Å². The van der Waals surface area contributed by atoms with Crippen molar-refractivity contribution >= 4 is 23.7 Å². The summed E-state index contributed by atoms with van der Waals surface area (Å²) in [7, 11) is 0. The third-order valence-corrected chi connectivity index (χ3v) is 3.09. The average Bonchev–Trinajstić information content (AvgIpc) is 2.55. The number of carboxylic acids is 1. The van der Waals surface area contributed by atoms with Gasteiger partial charge in [-0.05, 0) is 30.5 Å². The van der Waals surface area contributed by atoms with E-state index in [0.29, 0.717) is 18.5 Å². The maximum absolute atomic E-state index is 11.7. The summed E-state index contributed by atoms with van der Waals surface area (Å²) in [6.45, 7) is 0.153. The molecular formula is C14H19N5O6. The van der Waals surface area contributed by atoms with Gasteiger partial charge >= 0.3 is 12.1 Å². The summed E-state index contributed by atoms with van der Waals surface area (Å²) in [6, 6.07) is 4.29. The van der Waals surface area contributed by atoms with Gasteiger partial charge in [0.05, 0.1) is 4.92 Å². The number of hydrogen-bond acceptors (Lipinski definition) is 6. The lowest BCUT2D eigenvalue weighted by Gasteiger charge is -2.14. The van der Waals surface area contributed by atoms with Crippen molar-refractivity contribution in [2.24, 2.45) is 5.73 Å². The number of amides is 1. The summed E-state index contributed by atoms with van der Waals surface area (Å²) < 4.78 is 4.90. The fraction of sp³-hybridized carbons (Fsp3) is 0.357. The van der Waals surface area contributed by atoms with Crippen molar-refractivity contribution in [2.45, 2.75) is 25.5 Å². The molecule has 1 aromatic rings. The molecule has 0 unspecified atom stereocenters. The Morgan fingerprint density at radius 2 is 2.00 bits per heavy atom. The van der Waals surface area contributed by atoms with Gasteiger partial charge in [-0.15, -0.1) is 0 Å². The highest BCUT2D eigenvalue weighted by atomic mass is 16.6. The third-order valence-electron chi connectivity index (χ3n) is 3.09. The van der Waals surface area contributed by atoms with E-state index >= 15 is 0 Å². The first-order chi connectivity index (χ1) is 11.8. The van der Waals surface area contributed by atoms with E-state index in [1.165, 1.54) is 24.3 Å². The Bertz CT molecular complexity index is 633. The minimum absolute atomic E-state index is 0.0849. The maximum Gasteiger partial charge on any atom is 0.408 e. The van der Waals surface area contributed by atoms with Gasteiger partial charge in [-0.1, -0.05) is 0 Å². The van der Waals surface area contributed by atoms with Crippen LogP contribution in [0, 0.1) is 15.5 Å². The number of nitrogens with two attached hydrogens (primary N) is 1. The van der Waals surface area contributed by atoms with E-state index in [-0.39, 0.29) is 24.7 Å². The number of rotatable bonds is 9. The molecule has 0 aliphatic carbocycles. The zero-order valence-corrected chi connectivity index (χ0v) is 13.2. The lowest BCUT2D eigenvalue weighted by molar-refractivity contribution is -0.384. The zero-order valence-electron chi connectivity index (χ0n) is 13.2. The SMILES string of the molecule is N=C(N)NCCC[C@H](NC(=O)OCc1ccc([N+](=O)[O-])cc1)C(=O)O. The molecule has 11 heteroatoms. The lowest BCUT2D eigenvalue weighted by atomic mass is 10.1. The molecule has 25 heavy (non-hydrogen) atoms. The molecular weight excluding hydrogens is 334 g/mol. The zero-order chi connectivity index (χ0) is 18.8. The third kappa shape index (κ3) is 7.63. The normalized spacial score (nSPS) is 11.2. The molecule has 1 atom stereocenters. The molecule has 0 bridgehead atoms. The quantitative estimate of drug-likeness (QED) is 0.140. The number of guanidine groups is 1. The fourth-order valence-corrected chi connectivity index (χ4v) is 1.83. The molecule has 0 saturated carbocycles. The number of benzene rings is 1. The summed E-state index contributed by atoms with van der Waals surface area (Å²) in [5.74, 6) is -1.43. The summed E-state index contributed by atoms with van der Waals surface area (Å²) >= 11 is 0. The van der Waals surface area contributed by atoms with E-state index in [1.807, 2.05) is 0 Å². The number of non-ortho nitro benzene ring substituents is 1. The van der Waals surface area contributed by atoms with Gasteiger partial charge in [0.25, 0.3) is 5.69 Å². The second-order valence-electron chi connectivity index (χ2n) is 5.02. The second kappa shape index (κ2) is 9.70. The van der Waals surface area contributed by atoms with Gasteiger partial charge in [-0.3, -0.25) is 15.5 Å². The van der Waals surface area contributed by atoms with Gasteiger partial charge in [0.2, 0.25) is 0 Å². The van der Waals surface area contributed by atoms with Gasteiger partial charge in [-0.2, -0.15) is 0 Å². The molecule has 1 rings (SSSR count). The van der Waals surface area contributed by atoms with Crippen LogP contribution in [-0.2, 0) is 16.1 Å². The van der Waals surface area contributed by atoms with Crippen LogP contribution in [-0.4, -0.2) is 40.6 Å². The number of ether oxygens (including phenoxy) is 1. The molecule has 0 aliphatic rings. The van der Waals surface area contributed by atoms with Crippen LogP contribution in [0.4, 0.5) is 10.5 Å². The van der Waals surface area contributed by atoms with Crippen molar-refractivity contribution in [2.75, 3.05) is 6.54 Å². The summed E-state index contributed by atoms with van der Waals surface area (Å²) in [5, 5.41) is 31.3. The van der Waals surface area contributed by atoms with Crippen molar-refractivity contribution < 1.29 is 24.4 Å². The highest BCUT2D eigenvalue weighted by Gasteiger charge is 2.20. The standard InChI is InChI=1S/C14H19N5O6/c15-13(16)17-7-1-2-11(12(20)21)18-14(22)25-8-9-3-5-10(6-4-9)19(23)24/h3-6,11H,1-2,7-8H2,(H,18,22)(H,20,21)(H4,15,16,17)/t11-/m0/s1. The van der Waals surface area contributed by atoms with E-state index in [1.54, 1.807) is 0 Å². The van der Waals surface area contributed by atoms with Gasteiger partial charge < -0.3 is 26.2 Å². The molecule has 0 heterocycles. The number of hydrogen-bond donors (Lipinski definition) is 5. The number of carbonyl (C=O) groups excluding carboxylic acids is 1. The number of aliphatic carboxylic acids is 1. The highest BCUT2D eigenvalue weighted by Crippen LogP contribution is 2.12. The maximum atomic E-state index is 11.7. The van der Waals surface area contributed by atoms with Gasteiger partial charge in [0, 0.05) is 18.7 Å².